The van der Waals surface area contributed by atoms with E-state index in [1.807, 2.05) is 6.92 Å². The highest BCUT2D eigenvalue weighted by molar-refractivity contribution is 5.76. The van der Waals surface area contributed by atoms with Gasteiger partial charge in [-0.1, -0.05) is 31.2 Å². The normalized spacial score (nSPS) is 21.8. The first-order valence-corrected chi connectivity index (χ1v) is 5.54. The molecule has 1 aromatic rings. The van der Waals surface area contributed by atoms with E-state index in [2.05, 4.69) is 24.3 Å². The summed E-state index contributed by atoms with van der Waals surface area (Å²) in [5.74, 6) is 0.259. The summed E-state index contributed by atoms with van der Waals surface area (Å²) in [5, 5.41) is 0. The Kier molecular flexibility index (Phi) is 2.76. The first kappa shape index (κ1) is 10.2. The maximum Gasteiger partial charge on any atom is 0.220 e. The number of carbonyl (C=O) groups is 1. The quantitative estimate of drug-likeness (QED) is 0.784. The number of primary amides is 1. The Morgan fingerprint density at radius 3 is 2.73 bits per heavy atom. The molecule has 1 amide bonds. The van der Waals surface area contributed by atoms with Crippen molar-refractivity contribution in [1.82, 2.24) is 0 Å². The number of aryl methyl sites for hydroxylation is 1. The molecule has 2 N–H and O–H groups in total. The molecule has 0 aromatic heterocycles. The molecule has 2 nitrogen and oxygen atoms in total. The lowest BCUT2D eigenvalue weighted by Crippen LogP contribution is -2.31. The number of hydrogen-bond acceptors (Lipinski definition) is 1. The Morgan fingerprint density at radius 1 is 1.40 bits per heavy atom. The minimum absolute atomic E-state index is 0.00152. The van der Waals surface area contributed by atoms with Gasteiger partial charge in [-0.05, 0) is 36.3 Å². The van der Waals surface area contributed by atoms with Gasteiger partial charge in [0.2, 0.25) is 5.91 Å². The van der Waals surface area contributed by atoms with Gasteiger partial charge in [0.1, 0.15) is 0 Å². The maximum absolute atomic E-state index is 11.1. The van der Waals surface area contributed by atoms with Crippen molar-refractivity contribution in [2.45, 2.75) is 26.2 Å². The Labute approximate surface area is 90.5 Å². The zero-order chi connectivity index (χ0) is 10.8. The first-order chi connectivity index (χ1) is 7.18. The van der Waals surface area contributed by atoms with E-state index in [1.165, 1.54) is 11.1 Å². The van der Waals surface area contributed by atoms with Gasteiger partial charge in [0.15, 0.2) is 0 Å². The van der Waals surface area contributed by atoms with Crippen LogP contribution in [0.4, 0.5) is 0 Å². The molecule has 0 aliphatic heterocycles. The van der Waals surface area contributed by atoms with Crippen LogP contribution in [0.1, 0.15) is 24.5 Å². The van der Waals surface area contributed by atoms with Gasteiger partial charge in [0.25, 0.3) is 0 Å². The van der Waals surface area contributed by atoms with Crippen molar-refractivity contribution in [2.24, 2.45) is 17.6 Å². The molecule has 2 rings (SSSR count). The second-order valence-electron chi connectivity index (χ2n) is 4.46. The molecule has 15 heavy (non-hydrogen) atoms. The smallest absolute Gasteiger partial charge is 0.220 e. The molecule has 0 saturated heterocycles. The molecule has 1 aromatic carbocycles. The van der Waals surface area contributed by atoms with Gasteiger partial charge in [-0.3, -0.25) is 4.79 Å². The molecule has 0 fully saturated rings. The van der Waals surface area contributed by atoms with Crippen molar-refractivity contribution in [3.8, 4) is 0 Å². The zero-order valence-electron chi connectivity index (χ0n) is 9.07. The van der Waals surface area contributed by atoms with Gasteiger partial charge >= 0.3 is 0 Å². The Balaban J connectivity index is 2.15. The molecular weight excluding hydrogens is 186 g/mol. The molecule has 1 aliphatic rings. The highest BCUT2D eigenvalue weighted by Crippen LogP contribution is 2.29. The lowest BCUT2D eigenvalue weighted by atomic mass is 9.77. The van der Waals surface area contributed by atoms with E-state index in [-0.39, 0.29) is 11.8 Å². The Bertz CT molecular complexity index is 373. The summed E-state index contributed by atoms with van der Waals surface area (Å²) in [6.07, 6.45) is 3.17. The molecule has 1 aliphatic carbocycles. The van der Waals surface area contributed by atoms with Crippen molar-refractivity contribution in [1.29, 1.82) is 0 Å². The maximum atomic E-state index is 11.1. The fourth-order valence-electron chi connectivity index (χ4n) is 2.39. The first-order valence-electron chi connectivity index (χ1n) is 5.54. The van der Waals surface area contributed by atoms with Crippen LogP contribution in [0.5, 0.6) is 0 Å². The van der Waals surface area contributed by atoms with Gasteiger partial charge in [-0.15, -0.1) is 0 Å². The van der Waals surface area contributed by atoms with Crippen molar-refractivity contribution >= 4 is 5.91 Å². The van der Waals surface area contributed by atoms with Crippen LogP contribution in [0.25, 0.3) is 0 Å². The summed E-state index contributed by atoms with van der Waals surface area (Å²) in [6.45, 7) is 1.95. The van der Waals surface area contributed by atoms with Crippen molar-refractivity contribution in [3.63, 3.8) is 0 Å². The molecule has 0 saturated carbocycles. The highest BCUT2D eigenvalue weighted by Gasteiger charge is 2.26. The summed E-state index contributed by atoms with van der Waals surface area (Å²) in [5.41, 5.74) is 8.17. The Hall–Kier alpha value is -1.31. The number of amides is 1. The highest BCUT2D eigenvalue weighted by atomic mass is 16.1. The van der Waals surface area contributed by atoms with E-state index >= 15 is 0 Å². The third-order valence-electron chi connectivity index (χ3n) is 3.54. The summed E-state index contributed by atoms with van der Waals surface area (Å²) >= 11 is 0. The number of benzene rings is 1. The van der Waals surface area contributed by atoms with Gasteiger partial charge in [0.05, 0.1) is 0 Å². The lowest BCUT2D eigenvalue weighted by Gasteiger charge is -2.27. The second-order valence-corrected chi connectivity index (χ2v) is 4.46. The summed E-state index contributed by atoms with van der Waals surface area (Å²) in [4.78, 5) is 11.1. The van der Waals surface area contributed by atoms with Crippen LogP contribution in [0, 0.1) is 11.8 Å². The predicted molar refractivity (Wildman–Crippen MR) is 60.3 cm³/mol. The van der Waals surface area contributed by atoms with E-state index in [0.29, 0.717) is 5.92 Å². The molecule has 0 spiro atoms. The molecule has 0 heterocycles. The molecule has 2 atom stereocenters. The number of rotatable bonds is 2. The van der Waals surface area contributed by atoms with Crippen LogP contribution < -0.4 is 5.73 Å². The average Bonchev–Trinajstić information content (AvgIpc) is 2.27. The minimum Gasteiger partial charge on any atom is -0.369 e. The topological polar surface area (TPSA) is 43.1 Å². The average molecular weight is 203 g/mol. The minimum atomic E-state index is -0.167. The number of hydrogen-bond donors (Lipinski definition) is 1. The third kappa shape index (κ3) is 2.04. The van der Waals surface area contributed by atoms with Crippen LogP contribution in [-0.2, 0) is 17.6 Å². The van der Waals surface area contributed by atoms with E-state index in [4.69, 9.17) is 5.73 Å². The fraction of sp³-hybridized carbons (Fsp3) is 0.462. The Morgan fingerprint density at radius 2 is 2.07 bits per heavy atom. The second kappa shape index (κ2) is 4.05. The number of carbonyl (C=O) groups excluding carboxylic acids is 1. The molecule has 0 radical (unpaired) electrons. The van der Waals surface area contributed by atoms with Gasteiger partial charge in [-0.2, -0.15) is 0 Å². The van der Waals surface area contributed by atoms with E-state index in [1.54, 1.807) is 0 Å². The van der Waals surface area contributed by atoms with Gasteiger partial charge in [0, 0.05) is 5.92 Å². The van der Waals surface area contributed by atoms with Crippen molar-refractivity contribution in [2.75, 3.05) is 0 Å². The SMILES string of the molecule is C[C@H](C(N)=O)C1CCc2ccccc2C1. The van der Waals surface area contributed by atoms with Crippen LogP contribution in [-0.4, -0.2) is 5.91 Å². The van der Waals surface area contributed by atoms with Crippen molar-refractivity contribution < 1.29 is 4.79 Å². The fourth-order valence-corrected chi connectivity index (χ4v) is 2.39. The molecular formula is C13H17NO. The summed E-state index contributed by atoms with van der Waals surface area (Å²) in [6, 6.07) is 8.49. The predicted octanol–water partition coefficient (Wildman–Crippen LogP) is 1.91. The van der Waals surface area contributed by atoms with Crippen molar-refractivity contribution in [3.05, 3.63) is 35.4 Å². The van der Waals surface area contributed by atoms with Crippen LogP contribution >= 0.6 is 0 Å². The van der Waals surface area contributed by atoms with Crippen LogP contribution in [0.3, 0.4) is 0 Å². The number of fused-ring (bicyclic) bond motifs is 1. The largest absolute Gasteiger partial charge is 0.369 e. The van der Waals surface area contributed by atoms with E-state index in [9.17, 15) is 4.79 Å². The van der Waals surface area contributed by atoms with Crippen LogP contribution in [0.2, 0.25) is 0 Å². The standard InChI is InChI=1S/C13H17NO/c1-9(13(14)15)11-7-6-10-4-2-3-5-12(10)8-11/h2-5,9,11H,6-8H2,1H3,(H2,14,15)/t9-,11?/m0/s1. The molecule has 1 unspecified atom stereocenters. The van der Waals surface area contributed by atoms with E-state index in [0.717, 1.165) is 19.3 Å². The van der Waals surface area contributed by atoms with Gasteiger partial charge in [-0.25, -0.2) is 0 Å². The monoisotopic (exact) mass is 203 g/mol. The van der Waals surface area contributed by atoms with Crippen LogP contribution in [0.15, 0.2) is 24.3 Å². The van der Waals surface area contributed by atoms with Gasteiger partial charge < -0.3 is 5.73 Å². The summed E-state index contributed by atoms with van der Waals surface area (Å²) < 4.78 is 0. The number of nitrogens with two attached hydrogens (primary N) is 1. The summed E-state index contributed by atoms with van der Waals surface area (Å²) in [7, 11) is 0. The molecule has 80 valence electrons. The molecule has 2 heteroatoms. The zero-order valence-corrected chi connectivity index (χ0v) is 9.07. The molecule has 0 bridgehead atoms. The van der Waals surface area contributed by atoms with E-state index < -0.39 is 0 Å². The lowest BCUT2D eigenvalue weighted by molar-refractivity contribution is -0.122. The third-order valence-corrected chi connectivity index (χ3v) is 3.54.